The van der Waals surface area contributed by atoms with Crippen LogP contribution in [0.4, 0.5) is 0 Å². The van der Waals surface area contributed by atoms with Crippen molar-refractivity contribution in [3.63, 3.8) is 0 Å². The number of carbonyl (C=O) groups excluding carboxylic acids is 1. The van der Waals surface area contributed by atoms with Gasteiger partial charge in [-0.25, -0.2) is 0 Å². The first-order chi connectivity index (χ1) is 11.3. The Bertz CT molecular complexity index is 698. The van der Waals surface area contributed by atoms with Gasteiger partial charge >= 0.3 is 144 Å². The third-order valence-electron chi connectivity index (χ3n) is 5.72. The third-order valence-corrected chi connectivity index (χ3v) is 7.17. The summed E-state index contributed by atoms with van der Waals surface area (Å²) in [5.74, 6) is 2.55. The molecule has 2 aliphatic carbocycles. The number of rotatable bonds is 3. The molecule has 1 nitrogen and oxygen atoms in total. The van der Waals surface area contributed by atoms with Crippen LogP contribution in [0.2, 0.25) is 5.82 Å². The predicted molar refractivity (Wildman–Crippen MR) is 95.9 cm³/mol. The van der Waals surface area contributed by atoms with Crippen LogP contribution in [0.3, 0.4) is 0 Å². The van der Waals surface area contributed by atoms with Crippen molar-refractivity contribution in [2.24, 2.45) is 5.92 Å². The molecule has 0 spiro atoms. The van der Waals surface area contributed by atoms with E-state index in [0.717, 1.165) is 0 Å². The second kappa shape index (κ2) is 5.92. The van der Waals surface area contributed by atoms with Gasteiger partial charge in [0.25, 0.3) is 0 Å². The second-order valence-corrected chi connectivity index (χ2v) is 8.36. The monoisotopic (exact) mass is 370 g/mol. The van der Waals surface area contributed by atoms with Crippen molar-refractivity contribution < 1.29 is 4.79 Å². The van der Waals surface area contributed by atoms with Crippen LogP contribution in [-0.2, 0) is 10.2 Å². The molecular formula is C21H22OSe. The van der Waals surface area contributed by atoms with Gasteiger partial charge in [0.1, 0.15) is 0 Å². The molecular weight excluding hydrogens is 347 g/mol. The zero-order valence-electron chi connectivity index (χ0n) is 13.5. The fourth-order valence-electron chi connectivity index (χ4n) is 4.79. The average Bonchev–Trinajstić information content (AvgIpc) is 2.93. The predicted octanol–water partition coefficient (Wildman–Crippen LogP) is 4.81. The van der Waals surface area contributed by atoms with Crippen molar-refractivity contribution in [1.82, 2.24) is 0 Å². The number of hydrogen-bond donors (Lipinski definition) is 0. The number of carbonyl (C=O) groups is 1. The van der Waals surface area contributed by atoms with Gasteiger partial charge in [-0.1, -0.05) is 0 Å². The van der Waals surface area contributed by atoms with E-state index in [4.69, 9.17) is 0 Å². The van der Waals surface area contributed by atoms with Gasteiger partial charge < -0.3 is 0 Å². The molecule has 0 radical (unpaired) electrons. The normalized spacial score (nSPS) is 19.2. The molecule has 0 aromatic heterocycles. The molecule has 2 aliphatic rings. The molecule has 0 unspecified atom stereocenters. The first kappa shape index (κ1) is 15.2. The van der Waals surface area contributed by atoms with E-state index in [1.165, 1.54) is 54.4 Å². The Kier molecular flexibility index (Phi) is 3.91. The molecule has 2 aromatic carbocycles. The zero-order valence-corrected chi connectivity index (χ0v) is 15.3. The van der Waals surface area contributed by atoms with E-state index in [1.54, 1.807) is 0 Å². The van der Waals surface area contributed by atoms with Crippen LogP contribution in [0.15, 0.2) is 48.5 Å². The van der Waals surface area contributed by atoms with E-state index < -0.39 is 0 Å². The Hall–Kier alpha value is -1.37. The maximum absolute atomic E-state index is 13.4. The van der Waals surface area contributed by atoms with Gasteiger partial charge in [-0.2, -0.15) is 0 Å². The molecule has 0 aliphatic heterocycles. The van der Waals surface area contributed by atoms with Crippen molar-refractivity contribution in [2.75, 3.05) is 0 Å². The molecule has 1 saturated carbocycles. The SMILES string of the molecule is C[Se]C(=O)C1(C2CCCCC2)c2ccccc2-c2ccccc21. The van der Waals surface area contributed by atoms with E-state index in [2.05, 4.69) is 54.4 Å². The minimum atomic E-state index is -0.373. The Morgan fingerprint density at radius 3 is 1.96 bits per heavy atom. The van der Waals surface area contributed by atoms with Crippen LogP contribution >= 0.6 is 0 Å². The van der Waals surface area contributed by atoms with Crippen molar-refractivity contribution in [3.05, 3.63) is 59.7 Å². The third kappa shape index (κ3) is 2.08. The summed E-state index contributed by atoms with van der Waals surface area (Å²) < 4.78 is 0.467. The fourth-order valence-corrected chi connectivity index (χ4v) is 6.28. The fraction of sp³-hybridized carbons (Fsp3) is 0.381. The van der Waals surface area contributed by atoms with Gasteiger partial charge in [0.15, 0.2) is 0 Å². The average molecular weight is 369 g/mol. The Morgan fingerprint density at radius 1 is 0.913 bits per heavy atom. The summed E-state index contributed by atoms with van der Waals surface area (Å²) in [6, 6.07) is 17.3. The van der Waals surface area contributed by atoms with Crippen molar-refractivity contribution >= 4 is 19.6 Å². The van der Waals surface area contributed by atoms with Gasteiger partial charge in [0.2, 0.25) is 0 Å². The summed E-state index contributed by atoms with van der Waals surface area (Å²) in [5, 5.41) is 0. The summed E-state index contributed by atoms with van der Waals surface area (Å²) in [5.41, 5.74) is 4.75. The van der Waals surface area contributed by atoms with Gasteiger partial charge in [0.05, 0.1) is 0 Å². The van der Waals surface area contributed by atoms with E-state index in [0.29, 0.717) is 10.6 Å². The molecule has 0 heterocycles. The molecule has 118 valence electrons. The first-order valence-corrected chi connectivity index (χ1v) is 11.1. The van der Waals surface area contributed by atoms with E-state index in [9.17, 15) is 4.79 Å². The summed E-state index contributed by atoms with van der Waals surface area (Å²) in [4.78, 5) is 13.4. The molecule has 23 heavy (non-hydrogen) atoms. The van der Waals surface area contributed by atoms with Gasteiger partial charge in [-0.05, 0) is 0 Å². The van der Waals surface area contributed by atoms with Crippen molar-refractivity contribution in [3.8, 4) is 11.1 Å². The molecule has 0 bridgehead atoms. The van der Waals surface area contributed by atoms with Crippen LogP contribution in [-0.4, -0.2) is 19.6 Å². The molecule has 0 amide bonds. The second-order valence-electron chi connectivity index (χ2n) is 6.73. The Morgan fingerprint density at radius 2 is 1.43 bits per heavy atom. The van der Waals surface area contributed by atoms with Crippen molar-refractivity contribution in [1.29, 1.82) is 0 Å². The topological polar surface area (TPSA) is 17.1 Å². The molecule has 4 rings (SSSR count). The Labute approximate surface area is 144 Å². The molecule has 1 fully saturated rings. The van der Waals surface area contributed by atoms with E-state index >= 15 is 0 Å². The molecule has 0 N–H and O–H groups in total. The van der Waals surface area contributed by atoms with Crippen LogP contribution in [0.5, 0.6) is 0 Å². The van der Waals surface area contributed by atoms with Gasteiger partial charge in [0, 0.05) is 0 Å². The first-order valence-electron chi connectivity index (χ1n) is 8.58. The van der Waals surface area contributed by atoms with Crippen LogP contribution in [0.1, 0.15) is 43.2 Å². The number of fused-ring (bicyclic) bond motifs is 3. The summed E-state index contributed by atoms with van der Waals surface area (Å²) in [6.07, 6.45) is 6.22. The van der Waals surface area contributed by atoms with E-state index in [-0.39, 0.29) is 20.4 Å². The van der Waals surface area contributed by atoms with Crippen LogP contribution in [0.25, 0.3) is 11.1 Å². The molecule has 2 heteroatoms. The standard InChI is InChI=1S/C21H22OSe/c1-23-20(22)21(15-9-3-2-4-10-15)18-13-7-5-11-16(18)17-12-6-8-14-19(17)21/h5-8,11-15H,2-4,9-10H2,1H3. The summed E-state index contributed by atoms with van der Waals surface area (Å²) in [6.45, 7) is 0. The quantitative estimate of drug-likeness (QED) is 0.710. The van der Waals surface area contributed by atoms with Gasteiger partial charge in [-0.15, -0.1) is 0 Å². The molecule has 0 saturated heterocycles. The maximum atomic E-state index is 13.4. The van der Waals surface area contributed by atoms with Crippen LogP contribution in [0, 0.1) is 5.92 Å². The van der Waals surface area contributed by atoms with Crippen LogP contribution < -0.4 is 0 Å². The van der Waals surface area contributed by atoms with Gasteiger partial charge in [-0.3, -0.25) is 0 Å². The number of hydrogen-bond acceptors (Lipinski definition) is 1. The zero-order chi connectivity index (χ0) is 15.9. The Balaban J connectivity index is 2.03. The van der Waals surface area contributed by atoms with Crippen molar-refractivity contribution in [2.45, 2.75) is 43.3 Å². The molecule has 0 atom stereocenters. The summed E-state index contributed by atoms with van der Waals surface area (Å²) in [7, 11) is 0. The summed E-state index contributed by atoms with van der Waals surface area (Å²) >= 11 is 0.0159. The minimum absolute atomic E-state index is 0.0159. The molecule has 2 aromatic rings. The van der Waals surface area contributed by atoms with E-state index in [1.807, 2.05) is 0 Å². The number of benzene rings is 2.